The Bertz CT molecular complexity index is 651. The van der Waals surface area contributed by atoms with Gasteiger partial charge in [-0.2, -0.15) is 0 Å². The number of benzene rings is 1. The highest BCUT2D eigenvalue weighted by Gasteiger charge is 2.14. The lowest BCUT2D eigenvalue weighted by molar-refractivity contribution is -0.133. The van der Waals surface area contributed by atoms with Gasteiger partial charge in [-0.3, -0.25) is 9.59 Å². The van der Waals surface area contributed by atoms with Gasteiger partial charge in [0.25, 0.3) is 0 Å². The second kappa shape index (κ2) is 5.31. The molecule has 0 fully saturated rings. The lowest BCUT2D eigenvalue weighted by atomic mass is 10.2. The minimum absolute atomic E-state index is 0.0120. The van der Waals surface area contributed by atoms with Crippen molar-refractivity contribution in [3.05, 3.63) is 23.8 Å². The molecule has 1 aromatic carbocycles. The van der Waals surface area contributed by atoms with Gasteiger partial charge >= 0.3 is 5.97 Å². The number of hydrogen-bond acceptors (Lipinski definition) is 4. The molecule has 3 N–H and O–H groups in total. The Morgan fingerprint density at radius 1 is 1.47 bits per heavy atom. The van der Waals surface area contributed by atoms with Crippen molar-refractivity contribution in [2.45, 2.75) is 18.6 Å². The lowest BCUT2D eigenvalue weighted by Gasteiger charge is -2.05. The minimum atomic E-state index is -0.932. The second-order valence-corrected chi connectivity index (χ2v) is 5.06. The molecule has 0 bridgehead atoms. The van der Waals surface area contributed by atoms with Crippen LogP contribution in [0.3, 0.4) is 0 Å². The van der Waals surface area contributed by atoms with Crippen molar-refractivity contribution in [2.75, 3.05) is 5.75 Å². The second-order valence-electron chi connectivity index (χ2n) is 4.12. The van der Waals surface area contributed by atoms with E-state index in [-0.39, 0.29) is 12.3 Å². The molecule has 19 heavy (non-hydrogen) atoms. The molecule has 1 heterocycles. The topological polar surface area (TPSA) is 98.2 Å². The van der Waals surface area contributed by atoms with E-state index in [9.17, 15) is 9.59 Å². The number of aliphatic carboxylic acids is 1. The summed E-state index contributed by atoms with van der Waals surface area (Å²) in [6.07, 6.45) is 0. The molecule has 0 saturated heterocycles. The molecule has 0 aliphatic rings. The Morgan fingerprint density at radius 2 is 2.21 bits per heavy atom. The van der Waals surface area contributed by atoms with Gasteiger partial charge in [-0.1, -0.05) is 17.8 Å². The van der Waals surface area contributed by atoms with Gasteiger partial charge in [-0.05, 0) is 24.6 Å². The lowest BCUT2D eigenvalue weighted by Crippen LogP contribution is -2.19. The summed E-state index contributed by atoms with van der Waals surface area (Å²) in [4.78, 5) is 26.1. The molecule has 6 nitrogen and oxygen atoms in total. The summed E-state index contributed by atoms with van der Waals surface area (Å²) < 4.78 is 1.65. The zero-order chi connectivity index (χ0) is 14.0. The molecule has 0 radical (unpaired) electrons. The van der Waals surface area contributed by atoms with Crippen LogP contribution in [0, 0.1) is 6.92 Å². The summed E-state index contributed by atoms with van der Waals surface area (Å²) in [6, 6.07) is 5.65. The van der Waals surface area contributed by atoms with Crippen LogP contribution in [0.4, 0.5) is 0 Å². The highest BCUT2D eigenvalue weighted by Crippen LogP contribution is 2.24. The van der Waals surface area contributed by atoms with E-state index < -0.39 is 11.9 Å². The molecule has 1 amide bonds. The normalized spacial score (nSPS) is 10.8. The summed E-state index contributed by atoms with van der Waals surface area (Å²) in [5.74, 6) is -1.53. The van der Waals surface area contributed by atoms with Crippen molar-refractivity contribution in [2.24, 2.45) is 5.73 Å². The number of imidazole rings is 1. The van der Waals surface area contributed by atoms with Gasteiger partial charge in [-0.25, -0.2) is 4.98 Å². The molecule has 0 spiro atoms. The van der Waals surface area contributed by atoms with E-state index >= 15 is 0 Å². The number of fused-ring (bicyclic) bond motifs is 1. The summed E-state index contributed by atoms with van der Waals surface area (Å²) in [6.45, 7) is 1.92. The maximum atomic E-state index is 11.1. The Morgan fingerprint density at radius 3 is 2.84 bits per heavy atom. The van der Waals surface area contributed by atoms with E-state index in [1.54, 1.807) is 4.57 Å². The number of carbonyl (C=O) groups is 2. The average molecular weight is 279 g/mol. The third-order valence-electron chi connectivity index (χ3n) is 2.51. The summed E-state index contributed by atoms with van der Waals surface area (Å²) in [5, 5.41) is 9.20. The van der Waals surface area contributed by atoms with Crippen molar-refractivity contribution in [3.8, 4) is 0 Å². The first-order valence-corrected chi connectivity index (χ1v) is 6.55. The maximum Gasteiger partial charge on any atom is 0.313 e. The first kappa shape index (κ1) is 13.4. The van der Waals surface area contributed by atoms with Gasteiger partial charge in [0, 0.05) is 0 Å². The Hall–Kier alpha value is -2.02. The van der Waals surface area contributed by atoms with Crippen LogP contribution in [0.25, 0.3) is 11.0 Å². The minimum Gasteiger partial charge on any atom is -0.481 e. The van der Waals surface area contributed by atoms with Crippen molar-refractivity contribution in [1.29, 1.82) is 0 Å². The monoisotopic (exact) mass is 279 g/mol. The van der Waals surface area contributed by atoms with Crippen LogP contribution in [0.2, 0.25) is 0 Å². The highest BCUT2D eigenvalue weighted by atomic mass is 32.2. The molecule has 2 rings (SSSR count). The third-order valence-corrected chi connectivity index (χ3v) is 3.47. The largest absolute Gasteiger partial charge is 0.481 e. The number of primary amides is 1. The van der Waals surface area contributed by atoms with Crippen LogP contribution in [-0.2, 0) is 16.1 Å². The molecule has 0 aliphatic heterocycles. The van der Waals surface area contributed by atoms with E-state index in [1.165, 1.54) is 0 Å². The van der Waals surface area contributed by atoms with Crippen LogP contribution >= 0.6 is 11.8 Å². The van der Waals surface area contributed by atoms with E-state index in [0.29, 0.717) is 5.16 Å². The van der Waals surface area contributed by atoms with Crippen molar-refractivity contribution >= 4 is 34.7 Å². The van der Waals surface area contributed by atoms with Gasteiger partial charge < -0.3 is 15.4 Å². The number of amides is 1. The zero-order valence-electron chi connectivity index (χ0n) is 10.3. The number of aryl methyl sites for hydroxylation is 1. The number of aromatic nitrogens is 2. The Kier molecular flexibility index (Phi) is 3.75. The molecule has 0 unspecified atom stereocenters. The van der Waals surface area contributed by atoms with Crippen molar-refractivity contribution in [1.82, 2.24) is 9.55 Å². The molecular weight excluding hydrogens is 266 g/mol. The third kappa shape index (κ3) is 3.05. The fourth-order valence-electron chi connectivity index (χ4n) is 1.76. The Balaban J connectivity index is 2.48. The number of nitrogens with zero attached hydrogens (tertiary/aromatic N) is 2. The van der Waals surface area contributed by atoms with Crippen molar-refractivity contribution < 1.29 is 14.7 Å². The number of carbonyl (C=O) groups excluding carboxylic acids is 1. The van der Waals surface area contributed by atoms with Gasteiger partial charge in [0.1, 0.15) is 6.54 Å². The Labute approximate surface area is 113 Å². The molecule has 0 saturated carbocycles. The quantitative estimate of drug-likeness (QED) is 0.796. The predicted molar refractivity (Wildman–Crippen MR) is 72.0 cm³/mol. The van der Waals surface area contributed by atoms with Crippen LogP contribution in [0.1, 0.15) is 5.56 Å². The number of hydrogen-bond donors (Lipinski definition) is 2. The van der Waals surface area contributed by atoms with E-state index in [4.69, 9.17) is 10.8 Å². The molecule has 0 atom stereocenters. The smallest absolute Gasteiger partial charge is 0.313 e. The zero-order valence-corrected chi connectivity index (χ0v) is 11.1. The molecular formula is C12H13N3O3S. The van der Waals surface area contributed by atoms with Gasteiger partial charge in [0.15, 0.2) is 5.16 Å². The first-order valence-electron chi connectivity index (χ1n) is 5.57. The number of carboxylic acid groups (broad SMARTS) is 1. The van der Waals surface area contributed by atoms with E-state index in [2.05, 4.69) is 4.98 Å². The van der Waals surface area contributed by atoms with Gasteiger partial charge in [0.05, 0.1) is 16.8 Å². The molecule has 100 valence electrons. The summed E-state index contributed by atoms with van der Waals surface area (Å²) >= 11 is 1.07. The average Bonchev–Trinajstić information content (AvgIpc) is 2.64. The number of thioether (sulfide) groups is 1. The molecule has 7 heteroatoms. The SMILES string of the molecule is Cc1ccc2nc(SCC(=O)O)n(CC(N)=O)c2c1. The fourth-order valence-corrected chi connectivity index (χ4v) is 2.49. The van der Waals surface area contributed by atoms with E-state index in [1.807, 2.05) is 25.1 Å². The summed E-state index contributed by atoms with van der Waals surface area (Å²) in [7, 11) is 0. The van der Waals surface area contributed by atoms with Crippen LogP contribution < -0.4 is 5.73 Å². The van der Waals surface area contributed by atoms with Crippen molar-refractivity contribution in [3.63, 3.8) is 0 Å². The standard InChI is InChI=1S/C12H13N3O3S/c1-7-2-3-8-9(4-7)15(5-10(13)16)12(14-8)19-6-11(17)18/h2-4H,5-6H2,1H3,(H2,13,16)(H,17,18). The van der Waals surface area contributed by atoms with Crippen LogP contribution in [-0.4, -0.2) is 32.3 Å². The predicted octanol–water partition coefficient (Wildman–Crippen LogP) is 1.01. The van der Waals surface area contributed by atoms with Crippen LogP contribution in [0.15, 0.2) is 23.4 Å². The first-order chi connectivity index (χ1) is 8.97. The highest BCUT2D eigenvalue weighted by molar-refractivity contribution is 7.99. The van der Waals surface area contributed by atoms with Gasteiger partial charge in [-0.15, -0.1) is 0 Å². The van der Waals surface area contributed by atoms with Gasteiger partial charge in [0.2, 0.25) is 5.91 Å². The maximum absolute atomic E-state index is 11.1. The van der Waals surface area contributed by atoms with E-state index in [0.717, 1.165) is 28.4 Å². The summed E-state index contributed by atoms with van der Waals surface area (Å²) in [5.41, 5.74) is 7.77. The number of rotatable bonds is 5. The number of nitrogens with two attached hydrogens (primary N) is 1. The number of carboxylic acids is 1. The molecule has 2 aromatic rings. The molecule has 1 aromatic heterocycles. The molecule has 0 aliphatic carbocycles. The van der Waals surface area contributed by atoms with Crippen LogP contribution in [0.5, 0.6) is 0 Å². The fraction of sp³-hybridized carbons (Fsp3) is 0.250.